The van der Waals surface area contributed by atoms with Crippen molar-refractivity contribution >= 4 is 17.0 Å². The quantitative estimate of drug-likeness (QED) is 0.252. The monoisotopic (exact) mass is 479 g/mol. The van der Waals surface area contributed by atoms with E-state index in [-0.39, 0.29) is 17.0 Å². The summed E-state index contributed by atoms with van der Waals surface area (Å²) in [6.45, 7) is 2.28. The molecule has 0 spiro atoms. The van der Waals surface area contributed by atoms with Gasteiger partial charge in [-0.25, -0.2) is 4.98 Å². The highest BCUT2D eigenvalue weighted by Crippen LogP contribution is 2.30. The number of anilines is 1. The topological polar surface area (TPSA) is 163 Å². The number of rotatable bonds is 14. The summed E-state index contributed by atoms with van der Waals surface area (Å²) >= 11 is 0. The minimum absolute atomic E-state index is 0.0524. The van der Waals surface area contributed by atoms with Crippen molar-refractivity contribution < 1.29 is 20.1 Å². The van der Waals surface area contributed by atoms with Crippen LogP contribution in [0.1, 0.15) is 77.4 Å². The van der Waals surface area contributed by atoms with Crippen LogP contribution in [0.25, 0.3) is 11.0 Å². The van der Waals surface area contributed by atoms with Crippen LogP contribution >= 0.6 is 0 Å². The summed E-state index contributed by atoms with van der Waals surface area (Å²) in [7, 11) is 0. The van der Waals surface area contributed by atoms with Gasteiger partial charge in [-0.1, -0.05) is 64.7 Å². The lowest BCUT2D eigenvalue weighted by Gasteiger charge is -2.16. The number of hydrogen-bond acceptors (Lipinski definition) is 9. The molecule has 2 aromatic heterocycles. The van der Waals surface area contributed by atoms with Crippen LogP contribution in [0.2, 0.25) is 0 Å². The van der Waals surface area contributed by atoms with E-state index in [1.165, 1.54) is 55.8 Å². The van der Waals surface area contributed by atoms with Gasteiger partial charge < -0.3 is 25.4 Å². The first-order valence-corrected chi connectivity index (χ1v) is 12.4. The Balaban J connectivity index is 1.57. The first kappa shape index (κ1) is 26.3. The van der Waals surface area contributed by atoms with Crippen LogP contribution in [-0.4, -0.2) is 66.3 Å². The largest absolute Gasteiger partial charge is 0.394 e. The summed E-state index contributed by atoms with van der Waals surface area (Å²) in [6, 6.07) is 0. The van der Waals surface area contributed by atoms with Crippen LogP contribution < -0.4 is 16.4 Å². The van der Waals surface area contributed by atoms with Gasteiger partial charge in [0.15, 0.2) is 11.7 Å². The average Bonchev–Trinajstić information content (AvgIpc) is 3.35. The number of aromatic nitrogens is 4. The van der Waals surface area contributed by atoms with Gasteiger partial charge in [-0.05, 0) is 6.42 Å². The van der Waals surface area contributed by atoms with Crippen molar-refractivity contribution in [2.24, 2.45) is 0 Å². The molecule has 2 aromatic rings. The SMILES string of the molecule is CCCCCCCCCCCCNc1nc(=O)c2ncn([C@@H]3O[C@H](CO)[C@H](O)[C@H]3O)c2c(=O)[nH]1. The molecular weight excluding hydrogens is 442 g/mol. The van der Waals surface area contributed by atoms with E-state index in [1.807, 2.05) is 0 Å². The van der Waals surface area contributed by atoms with Crippen LogP contribution in [0.4, 0.5) is 5.95 Å². The molecular formula is C23H37N5O6. The fourth-order valence-electron chi connectivity index (χ4n) is 4.30. The number of aliphatic hydroxyl groups excluding tert-OH is 3. The predicted molar refractivity (Wildman–Crippen MR) is 128 cm³/mol. The van der Waals surface area contributed by atoms with Crippen LogP contribution in [0, 0.1) is 0 Å². The van der Waals surface area contributed by atoms with E-state index in [4.69, 9.17) is 4.74 Å². The molecule has 0 radical (unpaired) electrons. The van der Waals surface area contributed by atoms with Gasteiger partial charge in [0, 0.05) is 6.54 Å². The van der Waals surface area contributed by atoms with E-state index in [2.05, 4.69) is 27.2 Å². The first-order chi connectivity index (χ1) is 16.5. The molecule has 0 aromatic carbocycles. The minimum Gasteiger partial charge on any atom is -0.394 e. The van der Waals surface area contributed by atoms with Gasteiger partial charge in [-0.15, -0.1) is 0 Å². The van der Waals surface area contributed by atoms with Crippen LogP contribution in [0.15, 0.2) is 15.9 Å². The molecule has 3 rings (SSSR count). The molecule has 11 heteroatoms. The molecule has 11 nitrogen and oxygen atoms in total. The van der Waals surface area contributed by atoms with E-state index in [0.29, 0.717) is 6.54 Å². The average molecular weight is 480 g/mol. The number of aromatic amines is 1. The van der Waals surface area contributed by atoms with Crippen molar-refractivity contribution in [3.63, 3.8) is 0 Å². The van der Waals surface area contributed by atoms with Gasteiger partial charge in [-0.3, -0.25) is 19.1 Å². The summed E-state index contributed by atoms with van der Waals surface area (Å²) in [5, 5.41) is 32.6. The third-order valence-corrected chi connectivity index (χ3v) is 6.27. The van der Waals surface area contributed by atoms with E-state index < -0.39 is 42.3 Å². The third-order valence-electron chi connectivity index (χ3n) is 6.27. The van der Waals surface area contributed by atoms with Crippen molar-refractivity contribution in [3.05, 3.63) is 27.0 Å². The highest BCUT2D eigenvalue weighted by molar-refractivity contribution is 5.73. The van der Waals surface area contributed by atoms with Crippen molar-refractivity contribution in [2.45, 2.75) is 95.7 Å². The molecule has 1 saturated heterocycles. The molecule has 3 heterocycles. The Kier molecular flexibility index (Phi) is 10.00. The summed E-state index contributed by atoms with van der Waals surface area (Å²) in [6.07, 6.45) is 8.33. The molecule has 0 saturated carbocycles. The second kappa shape index (κ2) is 12.9. The number of aliphatic hydroxyl groups is 3. The Labute approximate surface area is 198 Å². The number of nitrogens with zero attached hydrogens (tertiary/aromatic N) is 3. The van der Waals surface area contributed by atoms with Crippen molar-refractivity contribution in [1.82, 2.24) is 19.5 Å². The van der Waals surface area contributed by atoms with E-state index in [0.717, 1.165) is 19.3 Å². The Hall–Kier alpha value is -2.34. The molecule has 4 atom stereocenters. The number of fused-ring (bicyclic) bond motifs is 1. The Morgan fingerprint density at radius 2 is 1.68 bits per heavy atom. The maximum Gasteiger partial charge on any atom is 0.301 e. The maximum atomic E-state index is 12.8. The Bertz CT molecular complexity index is 1030. The lowest BCUT2D eigenvalue weighted by Crippen LogP contribution is -2.33. The summed E-state index contributed by atoms with van der Waals surface area (Å²) < 4.78 is 6.66. The summed E-state index contributed by atoms with van der Waals surface area (Å²) in [5.74, 6) is 0.0524. The van der Waals surface area contributed by atoms with Crippen LogP contribution in [-0.2, 0) is 4.74 Å². The normalized spacial score (nSPS) is 22.5. The zero-order chi connectivity index (χ0) is 24.5. The molecule has 0 aliphatic carbocycles. The Morgan fingerprint density at radius 3 is 2.29 bits per heavy atom. The smallest absolute Gasteiger partial charge is 0.301 e. The van der Waals surface area contributed by atoms with Gasteiger partial charge in [0.2, 0.25) is 5.95 Å². The zero-order valence-electron chi connectivity index (χ0n) is 19.8. The number of ether oxygens (including phenoxy) is 1. The fourth-order valence-corrected chi connectivity index (χ4v) is 4.30. The predicted octanol–water partition coefficient (Wildman–Crippen LogP) is 1.42. The second-order valence-electron chi connectivity index (χ2n) is 8.91. The lowest BCUT2D eigenvalue weighted by molar-refractivity contribution is -0.0509. The molecule has 1 aliphatic rings. The molecule has 5 N–H and O–H groups in total. The highest BCUT2D eigenvalue weighted by Gasteiger charge is 2.44. The van der Waals surface area contributed by atoms with Crippen molar-refractivity contribution in [3.8, 4) is 0 Å². The van der Waals surface area contributed by atoms with Gasteiger partial charge >= 0.3 is 5.56 Å². The molecule has 1 fully saturated rings. The maximum absolute atomic E-state index is 12.8. The van der Waals surface area contributed by atoms with Gasteiger partial charge in [-0.2, -0.15) is 4.98 Å². The fraction of sp³-hybridized carbons (Fsp3) is 0.739. The zero-order valence-corrected chi connectivity index (χ0v) is 19.8. The number of imidazole rings is 1. The van der Waals surface area contributed by atoms with Crippen molar-refractivity contribution in [2.75, 3.05) is 18.5 Å². The second-order valence-corrected chi connectivity index (χ2v) is 8.91. The van der Waals surface area contributed by atoms with Gasteiger partial charge in [0.25, 0.3) is 5.56 Å². The van der Waals surface area contributed by atoms with E-state index in [1.54, 1.807) is 0 Å². The Morgan fingerprint density at radius 1 is 1.03 bits per heavy atom. The van der Waals surface area contributed by atoms with Crippen LogP contribution in [0.3, 0.4) is 0 Å². The molecule has 0 amide bonds. The molecule has 0 bridgehead atoms. The number of hydrogen-bond donors (Lipinski definition) is 5. The number of nitrogens with one attached hydrogen (secondary N) is 2. The van der Waals surface area contributed by atoms with Crippen molar-refractivity contribution in [1.29, 1.82) is 0 Å². The van der Waals surface area contributed by atoms with E-state index >= 15 is 0 Å². The number of H-pyrrole nitrogens is 1. The highest BCUT2D eigenvalue weighted by atomic mass is 16.6. The number of unbranched alkanes of at least 4 members (excludes halogenated alkanes) is 9. The third kappa shape index (κ3) is 6.41. The van der Waals surface area contributed by atoms with E-state index in [9.17, 15) is 24.9 Å². The summed E-state index contributed by atoms with van der Waals surface area (Å²) in [4.78, 5) is 35.9. The lowest BCUT2D eigenvalue weighted by atomic mass is 10.1. The van der Waals surface area contributed by atoms with Gasteiger partial charge in [0.05, 0.1) is 12.9 Å². The minimum atomic E-state index is -1.41. The first-order valence-electron chi connectivity index (χ1n) is 12.4. The molecule has 0 unspecified atom stereocenters. The standard InChI is InChI=1S/C23H37N5O6/c1-2-3-4-5-6-7-8-9-10-11-12-24-23-26-20(32)16-17(21(33)27-23)28(14-25-16)22-19(31)18(30)15(13-29)34-22/h14-15,18-19,22,29-31H,2-13H2,1H3,(H2,24,26,27,32,33)/t15-,18+,19-,22-/m1/s1. The van der Waals surface area contributed by atoms with Gasteiger partial charge in [0.1, 0.15) is 23.8 Å². The molecule has 34 heavy (non-hydrogen) atoms. The molecule has 1 aliphatic heterocycles. The molecule has 190 valence electrons. The summed E-state index contributed by atoms with van der Waals surface area (Å²) in [5.41, 5.74) is -1.64. The van der Waals surface area contributed by atoms with Crippen LogP contribution in [0.5, 0.6) is 0 Å².